The second-order valence-electron chi connectivity index (χ2n) is 20.6. The van der Waals surface area contributed by atoms with E-state index in [1.165, 1.54) is 57.5 Å². The molecule has 406 valence electrons. The van der Waals surface area contributed by atoms with Gasteiger partial charge in [0.1, 0.15) is 57.9 Å². The lowest BCUT2D eigenvalue weighted by atomic mass is 9.93. The van der Waals surface area contributed by atoms with E-state index >= 15 is 0 Å². The Morgan fingerprint density at radius 2 is 1.04 bits per heavy atom. The van der Waals surface area contributed by atoms with Crippen LogP contribution >= 0.6 is 57.1 Å². The van der Waals surface area contributed by atoms with Gasteiger partial charge in [-0.05, 0) is 106 Å². The number of nitriles is 1. The summed E-state index contributed by atoms with van der Waals surface area (Å²) in [4.78, 5) is 82.0. The molecule has 3 aliphatic heterocycles. The van der Waals surface area contributed by atoms with Crippen molar-refractivity contribution >= 4 is 126 Å². The molecule has 2 aliphatic carbocycles. The van der Waals surface area contributed by atoms with Crippen molar-refractivity contribution in [2.75, 3.05) is 6.54 Å². The molecule has 0 atom stereocenters. The molecule has 3 aromatic carbocycles. The summed E-state index contributed by atoms with van der Waals surface area (Å²) in [5, 5.41) is 9.94. The van der Waals surface area contributed by atoms with Crippen LogP contribution in [-0.2, 0) is 11.2 Å². The smallest absolute Gasteiger partial charge is 0.482 e. The van der Waals surface area contributed by atoms with Crippen molar-refractivity contribution in [1.82, 2.24) is 23.6 Å². The molecule has 0 fully saturated rings. The Kier molecular flexibility index (Phi) is 11.3. The molecule has 24 heteroatoms. The third-order valence-electron chi connectivity index (χ3n) is 15.0. The lowest BCUT2D eigenvalue weighted by molar-refractivity contribution is 0.0658. The van der Waals surface area contributed by atoms with E-state index in [1.807, 2.05) is 39.8 Å². The molecule has 0 unspecified atom stereocenters. The number of halogens is 4. The molecule has 0 N–H and O–H groups in total. The molecular weight excluding hydrogens is 1180 g/mol. The number of fused-ring (bicyclic) bond motifs is 11. The summed E-state index contributed by atoms with van der Waals surface area (Å²) in [6, 6.07) is 12.3. The third-order valence-corrected chi connectivity index (χ3v) is 20.3. The lowest BCUT2D eigenvalue weighted by Gasteiger charge is -2.31. The van der Waals surface area contributed by atoms with Gasteiger partial charge in [-0.25, -0.2) is 37.6 Å². The number of benzene rings is 3. The van der Waals surface area contributed by atoms with Gasteiger partial charge in [0.05, 0.1) is 49.5 Å². The monoisotopic (exact) mass is 1210 g/mol. The zero-order valence-electron chi connectivity index (χ0n) is 43.5. The zero-order valence-corrected chi connectivity index (χ0v) is 47.6. The molecule has 0 radical (unpaired) electrons. The van der Waals surface area contributed by atoms with E-state index in [1.54, 1.807) is 25.1 Å². The van der Waals surface area contributed by atoms with E-state index in [0.29, 0.717) is 62.9 Å². The van der Waals surface area contributed by atoms with Crippen molar-refractivity contribution in [1.29, 1.82) is 5.26 Å². The standard InChI is InChI=1S/C60H27F4N9O6S5/c1-9-73-57(76)48-49(58(73)77)70-45-43(39-19-30-53(83-39)55-37(79-60(30,4)5)13-22(81-55)11-28-41(56(67-7)68-8)24-15-32(62)34(64)17-26(24)51(28)75)47-46(71-84-72-47)42(44(45)69-48)38-18-29-52(82-38)54-36(78-59(29,2)3)12-21(80-54)10-27-40(35(20-65)66-6)23-14-31(61)33(63)16-25(23)50(27)74/h10-19H,9H2,1-5H3/b27-10-,28-11-,40-35+. The second kappa shape index (κ2) is 18.2. The number of carbonyl (C=O) groups is 4. The van der Waals surface area contributed by atoms with Crippen LogP contribution in [0.2, 0.25) is 0 Å². The van der Waals surface area contributed by atoms with Crippen molar-refractivity contribution < 1.29 is 46.2 Å². The Morgan fingerprint density at radius 3 is 1.45 bits per heavy atom. The van der Waals surface area contributed by atoms with Crippen molar-refractivity contribution in [2.24, 2.45) is 0 Å². The SMILES string of the molecule is [C-]#[N+]C([N+]#[C-])=C1/C(=C/c2cc3c(s2)-c2sc(-c4c5nsnc5c(-c5cc6c(s5)-c5sc(/C=C7\C(=O)c8cc(F)c(F)cc8\C7=C(\C#N)[N+]#[C-])cc5OC6(C)C)c5nc6c(nc45)C(=O)N(CC)C6=O)cc2C(C)(C)O3)C(=O)c2cc(F)c(F)cc21. The van der Waals surface area contributed by atoms with E-state index in [-0.39, 0.29) is 73.5 Å². The first kappa shape index (κ1) is 52.4. The number of nitrogens with zero attached hydrogens (tertiary/aromatic N) is 9. The summed E-state index contributed by atoms with van der Waals surface area (Å²) >= 11 is 6.18. The molecule has 6 aromatic heterocycles. The van der Waals surface area contributed by atoms with Gasteiger partial charge in [0.2, 0.25) is 0 Å². The molecule has 9 heterocycles. The minimum absolute atomic E-state index is 0.0532. The number of imide groups is 1. The summed E-state index contributed by atoms with van der Waals surface area (Å²) in [5.74, 6) is -7.21. The van der Waals surface area contributed by atoms with Crippen LogP contribution in [0.25, 0.3) is 100 Å². The first-order chi connectivity index (χ1) is 40.2. The maximum Gasteiger partial charge on any atom is 0.528 e. The van der Waals surface area contributed by atoms with Crippen LogP contribution in [0, 0.1) is 54.3 Å². The first-order valence-electron chi connectivity index (χ1n) is 25.0. The van der Waals surface area contributed by atoms with Crippen LogP contribution in [0.4, 0.5) is 17.6 Å². The molecule has 2 amide bonds. The number of hydrogen-bond donors (Lipinski definition) is 0. The molecule has 0 bridgehead atoms. The number of hydrogen-bond acceptors (Lipinski definition) is 16. The van der Waals surface area contributed by atoms with Gasteiger partial charge in [-0.15, -0.1) is 45.3 Å². The summed E-state index contributed by atoms with van der Waals surface area (Å²) in [6.45, 7) is 32.4. The quantitative estimate of drug-likeness (QED) is 0.0526. The van der Waals surface area contributed by atoms with Gasteiger partial charge in [-0.2, -0.15) is 18.4 Å². The molecule has 0 spiro atoms. The van der Waals surface area contributed by atoms with E-state index in [0.717, 1.165) is 61.8 Å². The zero-order chi connectivity index (χ0) is 58.9. The van der Waals surface area contributed by atoms with Crippen LogP contribution in [0.3, 0.4) is 0 Å². The minimum Gasteiger partial charge on any atom is -0.482 e. The van der Waals surface area contributed by atoms with E-state index in [2.05, 4.69) is 14.5 Å². The van der Waals surface area contributed by atoms with E-state index < -0.39 is 69.4 Å². The van der Waals surface area contributed by atoms with Crippen molar-refractivity contribution in [3.63, 3.8) is 0 Å². The fourth-order valence-electron chi connectivity index (χ4n) is 11.3. The number of ketones is 2. The summed E-state index contributed by atoms with van der Waals surface area (Å²) in [5.41, 5.74) is 0.118. The van der Waals surface area contributed by atoms with Crippen LogP contribution in [-0.4, -0.2) is 53.5 Å². The third kappa shape index (κ3) is 7.32. The van der Waals surface area contributed by atoms with E-state index in [4.69, 9.17) is 47.9 Å². The first-order valence-corrected chi connectivity index (χ1v) is 29.0. The molecule has 0 saturated heterocycles. The van der Waals surface area contributed by atoms with Gasteiger partial charge < -0.3 is 9.47 Å². The van der Waals surface area contributed by atoms with Crippen LogP contribution < -0.4 is 9.47 Å². The van der Waals surface area contributed by atoms with Gasteiger partial charge in [0.25, 0.3) is 17.5 Å². The van der Waals surface area contributed by atoms with Crippen LogP contribution in [0.5, 0.6) is 11.5 Å². The van der Waals surface area contributed by atoms with E-state index in [9.17, 15) is 42.0 Å². The number of aromatic nitrogens is 4. The van der Waals surface area contributed by atoms with Gasteiger partial charge in [0.15, 0.2) is 46.2 Å². The largest absolute Gasteiger partial charge is 0.528 e. The Morgan fingerprint density at radius 1 is 0.607 bits per heavy atom. The number of Topliss-reactive ketones (excluding diaryl/α,β-unsaturated/α-hetero) is 2. The minimum atomic E-state index is -1.26. The van der Waals surface area contributed by atoms with Gasteiger partial charge in [-0.3, -0.25) is 24.1 Å². The van der Waals surface area contributed by atoms with Gasteiger partial charge >= 0.3 is 5.82 Å². The topological polar surface area (TPSA) is 178 Å². The average Bonchev–Trinajstić information content (AvgIpc) is 1.79. The molecule has 84 heavy (non-hydrogen) atoms. The molecule has 9 aromatic rings. The number of carbonyl (C=O) groups excluding carboxylic acids is 4. The molecule has 5 aliphatic rings. The number of allylic oxidation sites excluding steroid dienone is 5. The fourth-order valence-corrected chi connectivity index (χ4v) is 16.9. The number of rotatable bonds is 5. The Balaban J connectivity index is 0.928. The highest BCUT2D eigenvalue weighted by Gasteiger charge is 2.44. The number of thiophene rings is 4. The van der Waals surface area contributed by atoms with Crippen molar-refractivity contribution in [2.45, 2.75) is 45.8 Å². The molecule has 0 saturated carbocycles. The van der Waals surface area contributed by atoms with Crippen molar-refractivity contribution in [3.8, 4) is 58.0 Å². The predicted octanol–water partition coefficient (Wildman–Crippen LogP) is 15.2. The predicted molar refractivity (Wildman–Crippen MR) is 309 cm³/mol. The summed E-state index contributed by atoms with van der Waals surface area (Å²) < 4.78 is 81.4. The Hall–Kier alpha value is -9.66. The Bertz CT molecular complexity index is 4720. The molecule has 15 nitrogen and oxygen atoms in total. The molecule has 14 rings (SSSR count). The maximum absolute atomic E-state index is 14.6. The highest BCUT2D eigenvalue weighted by Crippen LogP contribution is 2.59. The number of ether oxygens (including phenoxy) is 2. The fraction of sp³-hybridized carbons (Fsp3) is 0.133. The Labute approximate surface area is 491 Å². The number of amides is 2. The summed E-state index contributed by atoms with van der Waals surface area (Å²) in [6.07, 6.45) is 2.96. The lowest BCUT2D eigenvalue weighted by Crippen LogP contribution is -2.29. The summed E-state index contributed by atoms with van der Waals surface area (Å²) in [7, 11) is 0. The normalized spacial score (nSPS) is 17.2. The maximum atomic E-state index is 14.6. The van der Waals surface area contributed by atoms with Crippen molar-refractivity contribution in [3.05, 3.63) is 183 Å². The van der Waals surface area contributed by atoms with Gasteiger partial charge in [0, 0.05) is 76.2 Å². The highest BCUT2D eigenvalue weighted by atomic mass is 32.1. The van der Waals surface area contributed by atoms with Gasteiger partial charge in [-0.1, -0.05) is 0 Å². The van der Waals surface area contributed by atoms with Crippen LogP contribution in [0.15, 0.2) is 71.2 Å². The molecular formula is C60H27F4N9O6S5. The second-order valence-corrected chi connectivity index (χ2v) is 25.4. The average molecular weight is 1210 g/mol. The van der Waals surface area contributed by atoms with Crippen LogP contribution in [0.1, 0.15) is 108 Å². The highest BCUT2D eigenvalue weighted by molar-refractivity contribution is 7.25.